The Balaban J connectivity index is 1.70. The lowest BCUT2D eigenvalue weighted by Crippen LogP contribution is -2.40. The molecule has 0 amide bonds. The van der Waals surface area contributed by atoms with Gasteiger partial charge in [0.1, 0.15) is 17.6 Å². The van der Waals surface area contributed by atoms with Gasteiger partial charge in [-0.1, -0.05) is 0 Å². The quantitative estimate of drug-likeness (QED) is 0.922. The van der Waals surface area contributed by atoms with E-state index in [-0.39, 0.29) is 17.4 Å². The van der Waals surface area contributed by atoms with Gasteiger partial charge in [0.05, 0.1) is 5.56 Å². The van der Waals surface area contributed by atoms with E-state index in [1.54, 1.807) is 6.20 Å². The summed E-state index contributed by atoms with van der Waals surface area (Å²) in [6, 6.07) is 3.83. The first kappa shape index (κ1) is 17.1. The lowest BCUT2D eigenvalue weighted by atomic mass is 10.0. The van der Waals surface area contributed by atoms with Gasteiger partial charge in [0, 0.05) is 38.6 Å². The molecule has 0 radical (unpaired) electrons. The van der Waals surface area contributed by atoms with Gasteiger partial charge in [-0.05, 0) is 25.0 Å². The molecule has 2 aromatic rings. The maximum atomic E-state index is 12.8. The van der Waals surface area contributed by atoms with E-state index in [0.29, 0.717) is 0 Å². The predicted molar refractivity (Wildman–Crippen MR) is 86.0 cm³/mol. The summed E-state index contributed by atoms with van der Waals surface area (Å²) < 4.78 is 40.4. The minimum absolute atomic E-state index is 0.00670. The largest absolute Gasteiger partial charge is 0.433 e. The number of halogens is 3. The molecule has 0 saturated carbocycles. The van der Waals surface area contributed by atoms with Crippen molar-refractivity contribution in [2.75, 3.05) is 23.3 Å². The minimum atomic E-state index is -4.54. The zero-order valence-corrected chi connectivity index (χ0v) is 13.6. The van der Waals surface area contributed by atoms with E-state index < -0.39 is 11.9 Å². The summed E-state index contributed by atoms with van der Waals surface area (Å²) in [5.74, 6) is 0.862. The smallest absolute Gasteiger partial charge is 0.366 e. The highest BCUT2D eigenvalue weighted by atomic mass is 19.4. The Hall–Kier alpha value is -2.76. The van der Waals surface area contributed by atoms with E-state index in [4.69, 9.17) is 5.26 Å². The Labute approximate surface area is 142 Å². The van der Waals surface area contributed by atoms with Gasteiger partial charge in [-0.25, -0.2) is 9.97 Å². The van der Waals surface area contributed by atoms with Crippen molar-refractivity contribution in [1.29, 1.82) is 5.26 Å². The van der Waals surface area contributed by atoms with E-state index in [1.807, 2.05) is 23.9 Å². The standard InChI is InChI=1S/C16H17F3N6/c1-24-9-6-21-15(24)25-7-4-12(5-8-25)22-14-11(10-20)2-3-13(23-14)16(17,18)19/h2-3,6,9,12H,4-5,7-8H2,1H3,(H,22,23). The van der Waals surface area contributed by atoms with Gasteiger partial charge in [0.25, 0.3) is 0 Å². The zero-order chi connectivity index (χ0) is 18.0. The maximum absolute atomic E-state index is 12.8. The summed E-state index contributed by atoms with van der Waals surface area (Å²) in [4.78, 5) is 10.0. The van der Waals surface area contributed by atoms with Crippen LogP contribution in [-0.2, 0) is 13.2 Å². The number of imidazole rings is 1. The summed E-state index contributed by atoms with van der Waals surface area (Å²) >= 11 is 0. The number of rotatable bonds is 3. The van der Waals surface area contributed by atoms with Crippen LogP contribution < -0.4 is 10.2 Å². The highest BCUT2D eigenvalue weighted by molar-refractivity contribution is 5.53. The average Bonchev–Trinajstić information content (AvgIpc) is 3.01. The Morgan fingerprint density at radius 1 is 1.28 bits per heavy atom. The average molecular weight is 350 g/mol. The Morgan fingerprint density at radius 2 is 2.00 bits per heavy atom. The lowest BCUT2D eigenvalue weighted by molar-refractivity contribution is -0.141. The Bertz CT molecular complexity index is 784. The molecule has 3 heterocycles. The molecule has 0 bridgehead atoms. The first-order valence-electron chi connectivity index (χ1n) is 7.85. The number of hydrogen-bond acceptors (Lipinski definition) is 5. The summed E-state index contributed by atoms with van der Waals surface area (Å²) in [6.45, 7) is 1.45. The minimum Gasteiger partial charge on any atom is -0.366 e. The summed E-state index contributed by atoms with van der Waals surface area (Å²) in [5, 5.41) is 12.1. The van der Waals surface area contributed by atoms with Crippen LogP contribution in [0, 0.1) is 11.3 Å². The molecule has 0 aliphatic carbocycles. The van der Waals surface area contributed by atoms with Crippen LogP contribution >= 0.6 is 0 Å². The highest BCUT2D eigenvalue weighted by Gasteiger charge is 2.33. The third-order valence-corrected chi connectivity index (χ3v) is 4.22. The molecule has 1 fully saturated rings. The van der Waals surface area contributed by atoms with Crippen molar-refractivity contribution in [2.45, 2.75) is 25.1 Å². The normalized spacial score (nSPS) is 15.9. The van der Waals surface area contributed by atoms with Crippen molar-refractivity contribution >= 4 is 11.8 Å². The highest BCUT2D eigenvalue weighted by Crippen LogP contribution is 2.30. The number of nitrogens with one attached hydrogen (secondary N) is 1. The van der Waals surface area contributed by atoms with E-state index >= 15 is 0 Å². The molecule has 0 spiro atoms. The number of anilines is 2. The van der Waals surface area contributed by atoms with Crippen LogP contribution in [0.3, 0.4) is 0 Å². The monoisotopic (exact) mass is 350 g/mol. The number of piperidine rings is 1. The fraction of sp³-hybridized carbons (Fsp3) is 0.438. The molecule has 1 aliphatic heterocycles. The molecule has 25 heavy (non-hydrogen) atoms. The first-order valence-corrected chi connectivity index (χ1v) is 7.85. The molecule has 2 aromatic heterocycles. The zero-order valence-electron chi connectivity index (χ0n) is 13.6. The topological polar surface area (TPSA) is 69.8 Å². The third kappa shape index (κ3) is 3.68. The molecule has 1 aliphatic rings. The second kappa shape index (κ2) is 6.63. The van der Waals surface area contributed by atoms with Gasteiger partial charge < -0.3 is 14.8 Å². The lowest BCUT2D eigenvalue weighted by Gasteiger charge is -2.33. The van der Waals surface area contributed by atoms with Crippen molar-refractivity contribution in [3.05, 3.63) is 35.8 Å². The van der Waals surface area contributed by atoms with E-state index in [9.17, 15) is 13.2 Å². The number of alkyl halides is 3. The second-order valence-corrected chi connectivity index (χ2v) is 5.95. The number of nitriles is 1. The summed E-state index contributed by atoms with van der Waals surface area (Å²) in [7, 11) is 1.92. The third-order valence-electron chi connectivity index (χ3n) is 4.22. The number of hydrogen-bond donors (Lipinski definition) is 1. The van der Waals surface area contributed by atoms with Gasteiger partial charge in [-0.3, -0.25) is 0 Å². The maximum Gasteiger partial charge on any atom is 0.433 e. The van der Waals surface area contributed by atoms with Gasteiger partial charge in [-0.15, -0.1) is 0 Å². The van der Waals surface area contributed by atoms with Crippen molar-refractivity contribution < 1.29 is 13.2 Å². The number of nitrogens with zero attached hydrogens (tertiary/aromatic N) is 5. The molecule has 132 valence electrons. The van der Waals surface area contributed by atoms with Gasteiger partial charge >= 0.3 is 6.18 Å². The van der Waals surface area contributed by atoms with Crippen LogP contribution in [0.1, 0.15) is 24.1 Å². The second-order valence-electron chi connectivity index (χ2n) is 5.95. The van der Waals surface area contributed by atoms with Gasteiger partial charge in [0.15, 0.2) is 0 Å². The number of aromatic nitrogens is 3. The van der Waals surface area contributed by atoms with Crippen molar-refractivity contribution in [3.8, 4) is 6.07 Å². The predicted octanol–water partition coefficient (Wildman–Crippen LogP) is 2.79. The number of pyridine rings is 1. The molecule has 1 saturated heterocycles. The molecule has 0 atom stereocenters. The van der Waals surface area contributed by atoms with Crippen LogP contribution in [0.4, 0.5) is 24.9 Å². The molecule has 0 unspecified atom stereocenters. The van der Waals surface area contributed by atoms with Crippen molar-refractivity contribution in [1.82, 2.24) is 14.5 Å². The summed E-state index contributed by atoms with van der Waals surface area (Å²) in [5.41, 5.74) is -0.890. The fourth-order valence-electron chi connectivity index (χ4n) is 2.90. The van der Waals surface area contributed by atoms with Crippen molar-refractivity contribution in [2.24, 2.45) is 7.05 Å². The van der Waals surface area contributed by atoms with Crippen LogP contribution in [0.5, 0.6) is 0 Å². The van der Waals surface area contributed by atoms with Crippen LogP contribution in [-0.4, -0.2) is 33.7 Å². The molecule has 1 N–H and O–H groups in total. The van der Waals surface area contributed by atoms with E-state index in [2.05, 4.69) is 20.2 Å². The molecule has 3 rings (SSSR count). The van der Waals surface area contributed by atoms with E-state index in [0.717, 1.165) is 44.0 Å². The molecule has 6 nitrogen and oxygen atoms in total. The molecular weight excluding hydrogens is 333 g/mol. The first-order chi connectivity index (χ1) is 11.9. The Kier molecular flexibility index (Phi) is 4.53. The van der Waals surface area contributed by atoms with Gasteiger partial charge in [0.2, 0.25) is 5.95 Å². The number of aryl methyl sites for hydroxylation is 1. The van der Waals surface area contributed by atoms with Crippen LogP contribution in [0.2, 0.25) is 0 Å². The fourth-order valence-corrected chi connectivity index (χ4v) is 2.90. The summed E-state index contributed by atoms with van der Waals surface area (Å²) in [6.07, 6.45) is 0.494. The molecule has 0 aromatic carbocycles. The Morgan fingerprint density at radius 3 is 2.56 bits per heavy atom. The van der Waals surface area contributed by atoms with Crippen LogP contribution in [0.15, 0.2) is 24.5 Å². The van der Waals surface area contributed by atoms with Crippen molar-refractivity contribution in [3.63, 3.8) is 0 Å². The van der Waals surface area contributed by atoms with E-state index in [1.165, 1.54) is 0 Å². The molecular formula is C16H17F3N6. The SMILES string of the molecule is Cn1ccnc1N1CCC(Nc2nc(C(F)(F)F)ccc2C#N)CC1. The van der Waals surface area contributed by atoms with Crippen LogP contribution in [0.25, 0.3) is 0 Å². The molecule has 9 heteroatoms. The van der Waals surface area contributed by atoms with Gasteiger partial charge in [-0.2, -0.15) is 18.4 Å².